The molecule has 2 aromatic carbocycles. The molecule has 2 N–H and O–H groups in total. The van der Waals surface area contributed by atoms with Gasteiger partial charge in [0.2, 0.25) is 15.9 Å². The van der Waals surface area contributed by atoms with Crippen molar-refractivity contribution in [2.75, 3.05) is 25.0 Å². The predicted octanol–water partition coefficient (Wildman–Crippen LogP) is 3.76. The zero-order valence-electron chi connectivity index (χ0n) is 18.6. The third kappa shape index (κ3) is 6.11. The first-order chi connectivity index (χ1) is 16.4. The van der Waals surface area contributed by atoms with Crippen LogP contribution in [0.5, 0.6) is 0 Å². The van der Waals surface area contributed by atoms with Crippen LogP contribution in [0.4, 0.5) is 5.69 Å². The van der Waals surface area contributed by atoms with Gasteiger partial charge in [0.25, 0.3) is 5.91 Å². The van der Waals surface area contributed by atoms with Crippen LogP contribution in [0.2, 0.25) is 0 Å². The number of carbonyl (C=O) groups excluding carboxylic acids is 2. The van der Waals surface area contributed by atoms with Gasteiger partial charge in [0.15, 0.2) is 0 Å². The third-order valence-electron chi connectivity index (χ3n) is 5.87. The van der Waals surface area contributed by atoms with Gasteiger partial charge >= 0.3 is 0 Å². The summed E-state index contributed by atoms with van der Waals surface area (Å²) in [6.45, 7) is 1.39. The standard InChI is InChI=1S/C25H27N3O4S2/c29-24(20-13-16-28(17-14-20)25(30)23-7-4-18-33-23)27-21-8-10-22(11-9-21)34(31,32)26-15-12-19-5-2-1-3-6-19/h1-11,18,20,26H,12-17H2,(H,27,29). The Morgan fingerprint density at radius 1 is 0.941 bits per heavy atom. The molecule has 1 aliphatic heterocycles. The van der Waals surface area contributed by atoms with Crippen molar-refractivity contribution in [3.63, 3.8) is 0 Å². The van der Waals surface area contributed by atoms with E-state index < -0.39 is 10.0 Å². The van der Waals surface area contributed by atoms with Gasteiger partial charge in [-0.2, -0.15) is 0 Å². The summed E-state index contributed by atoms with van der Waals surface area (Å²) >= 11 is 1.42. The van der Waals surface area contributed by atoms with E-state index in [9.17, 15) is 18.0 Å². The molecule has 2 amide bonds. The lowest BCUT2D eigenvalue weighted by Gasteiger charge is -2.31. The molecular weight excluding hydrogens is 470 g/mol. The van der Waals surface area contributed by atoms with Crippen molar-refractivity contribution in [3.8, 4) is 0 Å². The van der Waals surface area contributed by atoms with Crippen molar-refractivity contribution < 1.29 is 18.0 Å². The van der Waals surface area contributed by atoms with Crippen LogP contribution in [0.15, 0.2) is 77.0 Å². The number of thiophene rings is 1. The number of hydrogen-bond donors (Lipinski definition) is 2. The number of likely N-dealkylation sites (tertiary alicyclic amines) is 1. The van der Waals surface area contributed by atoms with Gasteiger partial charge < -0.3 is 10.2 Å². The molecule has 0 radical (unpaired) electrons. The summed E-state index contributed by atoms with van der Waals surface area (Å²) < 4.78 is 27.7. The molecule has 1 saturated heterocycles. The Balaban J connectivity index is 1.26. The summed E-state index contributed by atoms with van der Waals surface area (Å²) in [7, 11) is -3.63. The van der Waals surface area contributed by atoms with Gasteiger partial charge in [0.1, 0.15) is 0 Å². The Kier molecular flexibility index (Phi) is 7.77. The number of carbonyl (C=O) groups is 2. The fraction of sp³-hybridized carbons (Fsp3) is 0.280. The van der Waals surface area contributed by atoms with Gasteiger partial charge in [-0.15, -0.1) is 11.3 Å². The van der Waals surface area contributed by atoms with Gasteiger partial charge in [-0.3, -0.25) is 9.59 Å². The molecule has 1 fully saturated rings. The Labute approximate surface area is 203 Å². The highest BCUT2D eigenvalue weighted by Crippen LogP contribution is 2.23. The number of amides is 2. The second-order valence-corrected chi connectivity index (χ2v) is 10.9. The third-order valence-corrected chi connectivity index (χ3v) is 8.20. The Morgan fingerprint density at radius 3 is 2.29 bits per heavy atom. The first kappa shape index (κ1) is 24.1. The summed E-state index contributed by atoms with van der Waals surface area (Å²) in [5.41, 5.74) is 1.61. The molecule has 3 aromatic rings. The predicted molar refractivity (Wildman–Crippen MR) is 133 cm³/mol. The van der Waals surface area contributed by atoms with Crippen LogP contribution in [0.1, 0.15) is 28.1 Å². The van der Waals surface area contributed by atoms with Crippen molar-refractivity contribution in [2.45, 2.75) is 24.2 Å². The summed E-state index contributed by atoms with van der Waals surface area (Å²) in [5.74, 6) is -0.279. The fourth-order valence-corrected chi connectivity index (χ4v) is 5.64. The van der Waals surface area contributed by atoms with E-state index in [-0.39, 0.29) is 22.6 Å². The lowest BCUT2D eigenvalue weighted by molar-refractivity contribution is -0.121. The molecule has 0 unspecified atom stereocenters. The van der Waals surface area contributed by atoms with E-state index in [4.69, 9.17) is 0 Å². The molecule has 7 nitrogen and oxygen atoms in total. The lowest BCUT2D eigenvalue weighted by atomic mass is 9.95. The topological polar surface area (TPSA) is 95.6 Å². The number of rotatable bonds is 8. The second-order valence-electron chi connectivity index (χ2n) is 8.19. The second kappa shape index (κ2) is 10.9. The molecule has 178 valence electrons. The number of benzene rings is 2. The van der Waals surface area contributed by atoms with Crippen molar-refractivity contribution in [1.29, 1.82) is 0 Å². The van der Waals surface area contributed by atoms with E-state index in [0.717, 1.165) is 5.56 Å². The molecular formula is C25H27N3O4S2. The molecule has 0 bridgehead atoms. The quantitative estimate of drug-likeness (QED) is 0.495. The summed E-state index contributed by atoms with van der Waals surface area (Å²) in [5, 5.41) is 4.75. The summed E-state index contributed by atoms with van der Waals surface area (Å²) in [4.78, 5) is 27.8. The first-order valence-corrected chi connectivity index (χ1v) is 13.6. The van der Waals surface area contributed by atoms with Crippen molar-refractivity contribution in [2.24, 2.45) is 5.92 Å². The number of sulfonamides is 1. The van der Waals surface area contributed by atoms with Crippen LogP contribution < -0.4 is 10.0 Å². The highest BCUT2D eigenvalue weighted by atomic mass is 32.2. The molecule has 9 heteroatoms. The largest absolute Gasteiger partial charge is 0.338 e. The minimum Gasteiger partial charge on any atom is -0.338 e. The Morgan fingerprint density at radius 2 is 1.65 bits per heavy atom. The number of nitrogens with zero attached hydrogens (tertiary/aromatic N) is 1. The van der Waals surface area contributed by atoms with E-state index in [0.29, 0.717) is 49.5 Å². The highest BCUT2D eigenvalue weighted by Gasteiger charge is 2.28. The maximum absolute atomic E-state index is 12.7. The average Bonchev–Trinajstić information content (AvgIpc) is 3.40. The van der Waals surface area contributed by atoms with Crippen molar-refractivity contribution in [3.05, 3.63) is 82.6 Å². The van der Waals surface area contributed by atoms with Crippen LogP contribution in [-0.2, 0) is 21.2 Å². The SMILES string of the molecule is O=C(Nc1ccc(S(=O)(=O)NCCc2ccccc2)cc1)C1CCN(C(=O)c2cccs2)CC1. The number of piperidine rings is 1. The summed E-state index contributed by atoms with van der Waals surface area (Å²) in [6.07, 6.45) is 1.80. The van der Waals surface area contributed by atoms with E-state index in [1.54, 1.807) is 17.0 Å². The Bertz CT molecular complexity index is 1200. The monoisotopic (exact) mass is 497 g/mol. The molecule has 4 rings (SSSR count). The first-order valence-electron chi connectivity index (χ1n) is 11.2. The van der Waals surface area contributed by atoms with Gasteiger partial charge in [0.05, 0.1) is 9.77 Å². The van der Waals surface area contributed by atoms with Crippen molar-refractivity contribution in [1.82, 2.24) is 9.62 Å². The van der Waals surface area contributed by atoms with E-state index in [1.807, 2.05) is 47.8 Å². The van der Waals surface area contributed by atoms with Crippen LogP contribution in [0.3, 0.4) is 0 Å². The van der Waals surface area contributed by atoms with Gasteiger partial charge in [-0.1, -0.05) is 36.4 Å². The van der Waals surface area contributed by atoms with E-state index >= 15 is 0 Å². The lowest BCUT2D eigenvalue weighted by Crippen LogP contribution is -2.41. The van der Waals surface area contributed by atoms with Crippen LogP contribution in [0.25, 0.3) is 0 Å². The molecule has 34 heavy (non-hydrogen) atoms. The van der Waals surface area contributed by atoms with Crippen LogP contribution in [0, 0.1) is 5.92 Å². The zero-order chi connectivity index (χ0) is 24.0. The van der Waals surface area contributed by atoms with Gasteiger partial charge in [-0.05, 0) is 60.5 Å². The minimum atomic E-state index is -3.63. The molecule has 1 aliphatic rings. The van der Waals surface area contributed by atoms with Crippen LogP contribution in [-0.4, -0.2) is 44.8 Å². The maximum Gasteiger partial charge on any atom is 0.263 e. The number of nitrogens with one attached hydrogen (secondary N) is 2. The number of hydrogen-bond acceptors (Lipinski definition) is 5. The molecule has 0 saturated carbocycles. The molecule has 0 atom stereocenters. The van der Waals surface area contributed by atoms with Gasteiger partial charge in [-0.25, -0.2) is 13.1 Å². The van der Waals surface area contributed by atoms with Gasteiger partial charge in [0, 0.05) is 31.2 Å². The van der Waals surface area contributed by atoms with Crippen LogP contribution >= 0.6 is 11.3 Å². The number of anilines is 1. The summed E-state index contributed by atoms with van der Waals surface area (Å²) in [6, 6.07) is 19.5. The molecule has 0 aliphatic carbocycles. The Hall–Kier alpha value is -3.01. The molecule has 1 aromatic heterocycles. The maximum atomic E-state index is 12.7. The highest BCUT2D eigenvalue weighted by molar-refractivity contribution is 7.89. The zero-order valence-corrected chi connectivity index (χ0v) is 20.3. The molecule has 2 heterocycles. The smallest absolute Gasteiger partial charge is 0.263 e. The van der Waals surface area contributed by atoms with E-state index in [1.165, 1.54) is 23.5 Å². The fourth-order valence-electron chi connectivity index (χ4n) is 3.92. The van der Waals surface area contributed by atoms with Crippen molar-refractivity contribution >= 4 is 38.9 Å². The molecule has 0 spiro atoms. The normalized spacial score (nSPS) is 14.6. The minimum absolute atomic E-state index is 0.0167. The average molecular weight is 498 g/mol. The van der Waals surface area contributed by atoms with E-state index in [2.05, 4.69) is 10.0 Å².